The largest absolute Gasteiger partial charge is 0.487 e. The zero-order valence-electron chi connectivity index (χ0n) is 15.1. The maximum Gasteiger partial charge on any atom is 0.274 e. The third-order valence-electron chi connectivity index (χ3n) is 4.55. The van der Waals surface area contributed by atoms with Crippen molar-refractivity contribution in [3.8, 4) is 5.75 Å². The Morgan fingerprint density at radius 3 is 2.79 bits per heavy atom. The monoisotopic (exact) mass is 438 g/mol. The number of ether oxygens (including phenoxy) is 3. The van der Waals surface area contributed by atoms with Crippen LogP contribution in [0.25, 0.3) is 0 Å². The van der Waals surface area contributed by atoms with E-state index in [1.54, 1.807) is 11.6 Å². The second kappa shape index (κ2) is 8.20. The molecule has 2 heterocycles. The Hall–Kier alpha value is -2.31. The van der Waals surface area contributed by atoms with Crippen molar-refractivity contribution in [3.63, 3.8) is 0 Å². The molecule has 1 saturated heterocycles. The van der Waals surface area contributed by atoms with Crippen molar-refractivity contribution < 1.29 is 32.6 Å². The van der Waals surface area contributed by atoms with E-state index < -0.39 is 21.6 Å². The number of aromatic nitrogens is 1. The number of rotatable bonds is 7. The van der Waals surface area contributed by atoms with E-state index in [0.717, 1.165) is 5.69 Å². The number of amides is 1. The molecule has 2 unspecified atom stereocenters. The lowest BCUT2D eigenvalue weighted by Crippen LogP contribution is -2.33. The quantitative estimate of drug-likeness (QED) is 0.513. The van der Waals surface area contributed by atoms with Crippen LogP contribution in [0.15, 0.2) is 51.7 Å². The summed E-state index contributed by atoms with van der Waals surface area (Å²) >= 11 is 1.46. The van der Waals surface area contributed by atoms with Crippen LogP contribution in [-0.2, 0) is 30.7 Å². The van der Waals surface area contributed by atoms with E-state index in [2.05, 4.69) is 4.98 Å². The highest BCUT2D eigenvalue weighted by Gasteiger charge is 2.37. The van der Waals surface area contributed by atoms with Crippen LogP contribution in [0.5, 0.6) is 5.75 Å². The van der Waals surface area contributed by atoms with Gasteiger partial charge in [0.1, 0.15) is 25.3 Å². The Bertz CT molecular complexity index is 1000. The average Bonchev–Trinajstić information content (AvgIpc) is 3.43. The number of nitrogens with zero attached hydrogens (tertiary/aromatic N) is 2. The van der Waals surface area contributed by atoms with E-state index in [1.165, 1.54) is 35.6 Å². The lowest BCUT2D eigenvalue weighted by Gasteiger charge is -2.16. The molecule has 1 aromatic heterocycles. The number of hydrogen-bond acceptors (Lipinski definition) is 9. The van der Waals surface area contributed by atoms with Crippen LogP contribution < -0.4 is 4.74 Å². The molecule has 1 fully saturated rings. The molecule has 0 saturated carbocycles. The van der Waals surface area contributed by atoms with E-state index >= 15 is 0 Å². The zero-order valence-corrected chi connectivity index (χ0v) is 16.8. The van der Waals surface area contributed by atoms with Crippen LogP contribution in [0, 0.1) is 0 Å². The summed E-state index contributed by atoms with van der Waals surface area (Å²) in [5.41, 5.74) is 2.75. The van der Waals surface area contributed by atoms with E-state index in [-0.39, 0.29) is 47.6 Å². The Balaban J connectivity index is 1.37. The molecule has 1 aromatic carbocycles. The van der Waals surface area contributed by atoms with Gasteiger partial charge in [-0.05, 0) is 30.3 Å². The van der Waals surface area contributed by atoms with Crippen molar-refractivity contribution in [2.24, 2.45) is 0 Å². The number of carbonyl (C=O) groups excluding carboxylic acids is 1. The van der Waals surface area contributed by atoms with Crippen molar-refractivity contribution in [2.75, 3.05) is 12.7 Å². The van der Waals surface area contributed by atoms with Gasteiger partial charge in [0.25, 0.3) is 5.91 Å². The van der Waals surface area contributed by atoms with Gasteiger partial charge in [-0.2, -0.15) is 0 Å². The van der Waals surface area contributed by atoms with Gasteiger partial charge < -0.3 is 14.2 Å². The maximum absolute atomic E-state index is 12.5. The molecule has 2 aliphatic rings. The summed E-state index contributed by atoms with van der Waals surface area (Å²) in [5, 5.41) is 12.1. The molecule has 0 radical (unpaired) electrons. The number of sulfone groups is 1. The van der Waals surface area contributed by atoms with Gasteiger partial charge in [0, 0.05) is 17.4 Å². The predicted molar refractivity (Wildman–Crippen MR) is 101 cm³/mol. The average molecular weight is 438 g/mol. The van der Waals surface area contributed by atoms with Gasteiger partial charge in [-0.1, -0.05) is 0 Å². The highest BCUT2D eigenvalue weighted by Crippen LogP contribution is 2.30. The van der Waals surface area contributed by atoms with Gasteiger partial charge in [0.2, 0.25) is 0 Å². The molecule has 4 rings (SSSR count). The van der Waals surface area contributed by atoms with Crippen molar-refractivity contribution in [2.45, 2.75) is 30.1 Å². The molecular weight excluding hydrogens is 420 g/mol. The highest BCUT2D eigenvalue weighted by atomic mass is 32.2. The Morgan fingerprint density at radius 2 is 2.10 bits per heavy atom. The summed E-state index contributed by atoms with van der Waals surface area (Å²) in [5.74, 6) is -1.16. The Morgan fingerprint density at radius 1 is 1.31 bits per heavy atom. The minimum Gasteiger partial charge on any atom is -0.487 e. The summed E-state index contributed by atoms with van der Waals surface area (Å²) in [6.07, 6.45) is 1.22. The zero-order chi connectivity index (χ0) is 20.4. The first-order valence-electron chi connectivity index (χ1n) is 8.70. The second-order valence-corrected chi connectivity index (χ2v) is 9.22. The first-order chi connectivity index (χ1) is 13.9. The smallest absolute Gasteiger partial charge is 0.274 e. The summed E-state index contributed by atoms with van der Waals surface area (Å²) < 4.78 is 41.2. The van der Waals surface area contributed by atoms with Gasteiger partial charge in [-0.15, -0.1) is 11.3 Å². The molecule has 9 nitrogen and oxygen atoms in total. The number of carbonyl (C=O) groups is 1. The van der Waals surface area contributed by atoms with Gasteiger partial charge in [0.15, 0.2) is 15.7 Å². The van der Waals surface area contributed by atoms with Crippen molar-refractivity contribution in [1.29, 1.82) is 0 Å². The first-order valence-corrected chi connectivity index (χ1v) is 11.3. The van der Waals surface area contributed by atoms with Crippen LogP contribution >= 0.6 is 11.3 Å². The third-order valence-corrected chi connectivity index (χ3v) is 6.76. The molecule has 0 spiro atoms. The SMILES string of the molecule is O=C(C1=CC2OCOC2C1)N(O)CS(=O)(=O)c1ccc(OCc2cscn2)cc1. The number of benzene rings is 1. The minimum absolute atomic E-state index is 0.0331. The molecule has 1 aliphatic heterocycles. The lowest BCUT2D eigenvalue weighted by atomic mass is 10.2. The standard InChI is InChI=1S/C18H18N2O7S2/c21-18(12-5-16-17(6-12)27-11-26-16)20(22)10-29(23,24)15-3-1-14(2-4-15)25-7-13-8-28-9-19-13/h1-5,8-9,16-17,22H,6-7,10-11H2. The summed E-state index contributed by atoms with van der Waals surface area (Å²) in [4.78, 5) is 16.4. The van der Waals surface area contributed by atoms with Crippen molar-refractivity contribution >= 4 is 27.1 Å². The van der Waals surface area contributed by atoms with Gasteiger partial charge >= 0.3 is 0 Å². The fraction of sp³-hybridized carbons (Fsp3) is 0.333. The van der Waals surface area contributed by atoms with Crippen molar-refractivity contribution in [3.05, 3.63) is 52.5 Å². The lowest BCUT2D eigenvalue weighted by molar-refractivity contribution is -0.156. The molecule has 2 atom stereocenters. The fourth-order valence-corrected chi connectivity index (χ4v) is 4.73. The van der Waals surface area contributed by atoms with Crippen LogP contribution in [0.2, 0.25) is 0 Å². The number of hydrogen-bond donors (Lipinski definition) is 1. The van der Waals surface area contributed by atoms with E-state index in [9.17, 15) is 18.4 Å². The highest BCUT2D eigenvalue weighted by molar-refractivity contribution is 7.91. The molecule has 1 N–H and O–H groups in total. The van der Waals surface area contributed by atoms with E-state index in [0.29, 0.717) is 5.75 Å². The summed E-state index contributed by atoms with van der Waals surface area (Å²) in [6.45, 7) is 0.438. The number of fused-ring (bicyclic) bond motifs is 1. The fourth-order valence-electron chi connectivity index (χ4n) is 3.05. The molecule has 2 aromatic rings. The van der Waals surface area contributed by atoms with Crippen LogP contribution in [-0.4, -0.2) is 54.5 Å². The normalized spacial score (nSPS) is 20.9. The Kier molecular flexibility index (Phi) is 5.65. The topological polar surface area (TPSA) is 115 Å². The molecule has 1 amide bonds. The van der Waals surface area contributed by atoms with E-state index in [1.807, 2.05) is 5.38 Å². The molecule has 0 bridgehead atoms. The van der Waals surface area contributed by atoms with Crippen molar-refractivity contribution in [1.82, 2.24) is 10.0 Å². The molecule has 11 heteroatoms. The number of hydroxylamine groups is 2. The van der Waals surface area contributed by atoms with Crippen LogP contribution in [0.4, 0.5) is 0 Å². The molecule has 29 heavy (non-hydrogen) atoms. The predicted octanol–water partition coefficient (Wildman–Crippen LogP) is 1.74. The summed E-state index contributed by atoms with van der Waals surface area (Å²) in [7, 11) is -3.93. The second-order valence-electron chi connectivity index (χ2n) is 6.54. The van der Waals surface area contributed by atoms with Gasteiger partial charge in [-0.25, -0.2) is 18.5 Å². The first kappa shape index (κ1) is 20.0. The summed E-state index contributed by atoms with van der Waals surface area (Å²) in [6, 6.07) is 5.76. The molecule has 154 valence electrons. The van der Waals surface area contributed by atoms with Gasteiger partial charge in [0.05, 0.1) is 22.2 Å². The molecule has 1 aliphatic carbocycles. The number of thiazole rings is 1. The third kappa shape index (κ3) is 4.49. The molecular formula is C18H18N2O7S2. The van der Waals surface area contributed by atoms with Crippen LogP contribution in [0.3, 0.4) is 0 Å². The van der Waals surface area contributed by atoms with Crippen LogP contribution in [0.1, 0.15) is 12.1 Å². The Labute approximate surface area is 171 Å². The minimum atomic E-state index is -3.93. The maximum atomic E-state index is 12.5. The van der Waals surface area contributed by atoms with E-state index in [4.69, 9.17) is 14.2 Å². The van der Waals surface area contributed by atoms with Gasteiger partial charge in [-0.3, -0.25) is 10.0 Å².